The van der Waals surface area contributed by atoms with E-state index >= 15 is 0 Å². The van der Waals surface area contributed by atoms with Gasteiger partial charge in [-0.15, -0.1) is 0 Å². The molecule has 0 radical (unpaired) electrons. The van der Waals surface area contributed by atoms with Crippen LogP contribution in [0.1, 0.15) is 60.3 Å². The molecule has 4 unspecified atom stereocenters. The first kappa shape index (κ1) is 31.1. The second kappa shape index (κ2) is 11.3. The van der Waals surface area contributed by atoms with E-state index in [2.05, 4.69) is 13.0 Å². The second-order valence-corrected chi connectivity index (χ2v) is 13.5. The first-order valence-corrected chi connectivity index (χ1v) is 15.4. The number of hydrogen-bond acceptors (Lipinski definition) is 8. The average molecular weight is 587 g/mol. The Kier molecular flexibility index (Phi) is 8.37. The van der Waals surface area contributed by atoms with E-state index in [-0.39, 0.29) is 30.3 Å². The van der Waals surface area contributed by atoms with Gasteiger partial charge in [-0.2, -0.15) is 0 Å². The maximum Gasteiger partial charge on any atom is 0.331 e. The summed E-state index contributed by atoms with van der Waals surface area (Å²) in [4.78, 5) is 39.4. The molecule has 2 N–H and O–H groups in total. The van der Waals surface area contributed by atoms with Gasteiger partial charge in [0.15, 0.2) is 12.4 Å². The molecule has 9 heteroatoms. The van der Waals surface area contributed by atoms with Crippen LogP contribution in [0.4, 0.5) is 0 Å². The number of carbonyl (C=O) groups is 3. The molecule has 5 rings (SSSR count). The van der Waals surface area contributed by atoms with Crippen molar-refractivity contribution in [2.45, 2.75) is 91.0 Å². The van der Waals surface area contributed by atoms with Crippen LogP contribution in [0.3, 0.4) is 0 Å². The van der Waals surface area contributed by atoms with Gasteiger partial charge in [0.05, 0.1) is 18.1 Å². The number of carboxylic acids is 1. The number of hydrogen-bond donors (Lipinski definition) is 2. The highest BCUT2D eigenvalue weighted by Crippen LogP contribution is 2.82. The van der Waals surface area contributed by atoms with Gasteiger partial charge in [0.25, 0.3) is 0 Å². The number of allylic oxidation sites excluding steroid dienone is 4. The minimum Gasteiger partial charge on any atom is -0.481 e. The molecule has 0 aromatic rings. The maximum atomic E-state index is 13.7. The Hall–Kier alpha value is -2.33. The molecule has 1 heterocycles. The monoisotopic (exact) mass is 586 g/mol. The first-order chi connectivity index (χ1) is 19.9. The first-order valence-electron chi connectivity index (χ1n) is 15.4. The zero-order valence-electron chi connectivity index (χ0n) is 25.5. The molecule has 0 aromatic heterocycles. The fourth-order valence-electron chi connectivity index (χ4n) is 9.87. The van der Waals surface area contributed by atoms with Crippen LogP contribution in [-0.2, 0) is 33.3 Å². The van der Waals surface area contributed by atoms with Crippen molar-refractivity contribution in [1.29, 1.82) is 0 Å². The summed E-state index contributed by atoms with van der Waals surface area (Å²) in [5.41, 5.74) is -2.45. The number of ether oxygens (including phenoxy) is 4. The summed E-state index contributed by atoms with van der Waals surface area (Å²) in [6.07, 6.45) is 7.35. The van der Waals surface area contributed by atoms with Crippen molar-refractivity contribution in [2.24, 2.45) is 45.8 Å². The van der Waals surface area contributed by atoms with Crippen LogP contribution in [0.15, 0.2) is 36.0 Å². The lowest BCUT2D eigenvalue weighted by atomic mass is 9.43. The molecule has 0 amide bonds. The van der Waals surface area contributed by atoms with Gasteiger partial charge in [-0.25, -0.2) is 4.79 Å². The number of fused-ring (bicyclic) bond motifs is 2. The predicted molar refractivity (Wildman–Crippen MR) is 153 cm³/mol. The van der Waals surface area contributed by atoms with E-state index in [1.165, 1.54) is 13.2 Å². The molecule has 1 saturated heterocycles. The Bertz CT molecular complexity index is 1170. The summed E-state index contributed by atoms with van der Waals surface area (Å²) in [6, 6.07) is 0. The Labute approximate surface area is 248 Å². The molecule has 232 valence electrons. The number of aliphatic carboxylic acids is 1. The van der Waals surface area contributed by atoms with Crippen molar-refractivity contribution in [2.75, 3.05) is 13.7 Å². The third-order valence-electron chi connectivity index (χ3n) is 11.4. The van der Waals surface area contributed by atoms with E-state index in [0.29, 0.717) is 18.8 Å². The quantitative estimate of drug-likeness (QED) is 0.128. The molecule has 42 heavy (non-hydrogen) atoms. The molecule has 4 aliphatic carbocycles. The molecular weight excluding hydrogens is 540 g/mol. The highest BCUT2D eigenvalue weighted by molar-refractivity contribution is 5.90. The van der Waals surface area contributed by atoms with Gasteiger partial charge in [0, 0.05) is 18.6 Å². The van der Waals surface area contributed by atoms with E-state index in [1.54, 1.807) is 25.2 Å². The topological polar surface area (TPSA) is 129 Å². The fourth-order valence-corrected chi connectivity index (χ4v) is 9.87. The minimum atomic E-state index is -1.39. The van der Waals surface area contributed by atoms with Crippen molar-refractivity contribution in [3.05, 3.63) is 36.0 Å². The summed E-state index contributed by atoms with van der Waals surface area (Å²) in [7, 11) is 1.46. The zero-order chi connectivity index (χ0) is 30.6. The number of aliphatic hydroxyl groups excluding tert-OH is 1. The van der Waals surface area contributed by atoms with Crippen molar-refractivity contribution >= 4 is 18.2 Å². The standard InChI is InChI=1S/C33H46O9/c1-7-8-9-10-25(35)42-28-26(36)29(41-20(5)27(28)39-6)40-17-32-15-22-19(4)11-12-23(22)31(16-34)14-21(32)13-24(18(2)3)33(31,32)30(37)38/h7-10,13,16,18-23,26-29,36H,11-12,14-15,17H2,1-6H3,(H,37,38)/b8-7+,10-9-/t19-,20-,21?,22-,23-,26+,27-,28+,29-,31?,32?,33?/m1/s1. The SMILES string of the molecule is C/C=C/C=C\C(=O)O[C@H]1[C@H](O)[C@H](OCC23C[C@@H]4[C@H](C)CC[C@H]4C4(C=O)CC2C=C(C(C)C)C34C(=O)O)O[C@H](C)[C@H]1OC. The van der Waals surface area contributed by atoms with Crippen LogP contribution in [0.5, 0.6) is 0 Å². The smallest absolute Gasteiger partial charge is 0.331 e. The number of esters is 1. The van der Waals surface area contributed by atoms with Gasteiger partial charge in [0.1, 0.15) is 23.9 Å². The molecule has 5 aliphatic rings. The van der Waals surface area contributed by atoms with Gasteiger partial charge in [-0.1, -0.05) is 57.1 Å². The van der Waals surface area contributed by atoms with Gasteiger partial charge in [-0.05, 0) is 62.7 Å². The molecule has 4 bridgehead atoms. The summed E-state index contributed by atoms with van der Waals surface area (Å²) < 4.78 is 23.7. The lowest BCUT2D eigenvalue weighted by Crippen LogP contribution is -2.64. The van der Waals surface area contributed by atoms with Crippen molar-refractivity contribution in [3.8, 4) is 0 Å². The molecule has 0 aromatic carbocycles. The van der Waals surface area contributed by atoms with Crippen LogP contribution in [-0.4, -0.2) is 72.9 Å². The largest absolute Gasteiger partial charge is 0.481 e. The third-order valence-corrected chi connectivity index (χ3v) is 11.4. The maximum absolute atomic E-state index is 13.7. The Balaban J connectivity index is 1.49. The van der Waals surface area contributed by atoms with E-state index in [0.717, 1.165) is 24.7 Å². The van der Waals surface area contributed by atoms with Gasteiger partial charge < -0.3 is 34.0 Å². The molecular formula is C33H46O9. The summed E-state index contributed by atoms with van der Waals surface area (Å²) in [5, 5.41) is 22.6. The third kappa shape index (κ3) is 4.14. The van der Waals surface area contributed by atoms with Crippen molar-refractivity contribution < 1.29 is 43.5 Å². The van der Waals surface area contributed by atoms with Crippen LogP contribution >= 0.6 is 0 Å². The summed E-state index contributed by atoms with van der Waals surface area (Å²) in [6.45, 7) is 9.78. The summed E-state index contributed by atoms with van der Waals surface area (Å²) >= 11 is 0. The van der Waals surface area contributed by atoms with Crippen LogP contribution in [0, 0.1) is 45.8 Å². The van der Waals surface area contributed by atoms with Crippen LogP contribution < -0.4 is 0 Å². The summed E-state index contributed by atoms with van der Waals surface area (Å²) in [5.74, 6) is -1.21. The highest BCUT2D eigenvalue weighted by atomic mass is 16.7. The molecule has 12 atom stereocenters. The normalized spacial score (nSPS) is 45.9. The number of carbonyl (C=O) groups excluding carboxylic acids is 2. The number of aldehydes is 1. The van der Waals surface area contributed by atoms with Crippen LogP contribution in [0.25, 0.3) is 0 Å². The van der Waals surface area contributed by atoms with Gasteiger partial charge in [0.2, 0.25) is 0 Å². The molecule has 4 fully saturated rings. The molecule has 0 spiro atoms. The molecule has 9 nitrogen and oxygen atoms in total. The van der Waals surface area contributed by atoms with Gasteiger partial charge in [-0.3, -0.25) is 4.79 Å². The van der Waals surface area contributed by atoms with E-state index in [4.69, 9.17) is 18.9 Å². The minimum absolute atomic E-state index is 0.00379. The van der Waals surface area contributed by atoms with Crippen LogP contribution in [0.2, 0.25) is 0 Å². The highest BCUT2D eigenvalue weighted by Gasteiger charge is 2.84. The number of aliphatic hydroxyl groups is 1. The van der Waals surface area contributed by atoms with Gasteiger partial charge >= 0.3 is 11.9 Å². The zero-order valence-corrected chi connectivity index (χ0v) is 25.5. The number of rotatable bonds is 10. The Morgan fingerprint density at radius 1 is 1.17 bits per heavy atom. The number of methoxy groups -OCH3 is 1. The van der Waals surface area contributed by atoms with E-state index in [9.17, 15) is 24.6 Å². The van der Waals surface area contributed by atoms with E-state index < -0.39 is 58.9 Å². The Morgan fingerprint density at radius 2 is 1.90 bits per heavy atom. The fraction of sp³-hybridized carbons (Fsp3) is 0.727. The van der Waals surface area contributed by atoms with E-state index in [1.807, 2.05) is 20.8 Å². The van der Waals surface area contributed by atoms with Crippen molar-refractivity contribution in [3.63, 3.8) is 0 Å². The predicted octanol–water partition coefficient (Wildman–Crippen LogP) is 4.09. The lowest BCUT2D eigenvalue weighted by molar-refractivity contribution is -0.308. The molecule has 3 saturated carbocycles. The molecule has 1 aliphatic heterocycles. The number of carboxylic acid groups (broad SMARTS) is 1. The second-order valence-electron chi connectivity index (χ2n) is 13.5. The van der Waals surface area contributed by atoms with Crippen molar-refractivity contribution in [1.82, 2.24) is 0 Å². The Morgan fingerprint density at radius 3 is 2.52 bits per heavy atom. The lowest BCUT2D eigenvalue weighted by Gasteiger charge is -2.58. The average Bonchev–Trinajstić information content (AvgIpc) is 3.52.